The summed E-state index contributed by atoms with van der Waals surface area (Å²) in [5.74, 6) is 0.717. The van der Waals surface area contributed by atoms with Crippen LogP contribution in [-0.4, -0.2) is 24.8 Å². The van der Waals surface area contributed by atoms with Crippen LogP contribution >= 0.6 is 0 Å². The monoisotopic (exact) mass is 181 g/mol. The van der Waals surface area contributed by atoms with Crippen LogP contribution in [0.5, 0.6) is 0 Å². The molecule has 1 N–H and O–H groups in total. The van der Waals surface area contributed by atoms with Gasteiger partial charge in [0, 0.05) is 12.6 Å². The van der Waals surface area contributed by atoms with Gasteiger partial charge in [0.25, 0.3) is 0 Å². The van der Waals surface area contributed by atoms with Crippen molar-refractivity contribution in [3.05, 3.63) is 12.2 Å². The number of rotatable bonds is 1. The lowest BCUT2D eigenvalue weighted by atomic mass is 9.91. The van der Waals surface area contributed by atoms with Gasteiger partial charge in [-0.1, -0.05) is 26.0 Å². The highest BCUT2D eigenvalue weighted by atomic mass is 16.5. The summed E-state index contributed by atoms with van der Waals surface area (Å²) in [5.41, 5.74) is 0.129. The maximum absolute atomic E-state index is 5.86. The first kappa shape index (κ1) is 9.22. The number of hydrogen-bond donors (Lipinski definition) is 1. The zero-order valence-electron chi connectivity index (χ0n) is 8.55. The molecule has 0 aromatic carbocycles. The summed E-state index contributed by atoms with van der Waals surface area (Å²) in [4.78, 5) is 0. The van der Waals surface area contributed by atoms with E-state index in [9.17, 15) is 0 Å². The normalized spacial score (nSPS) is 39.2. The summed E-state index contributed by atoms with van der Waals surface area (Å²) in [6, 6.07) is 0.645. The highest BCUT2D eigenvalue weighted by Crippen LogP contribution is 2.32. The third-order valence-electron chi connectivity index (χ3n) is 3.23. The van der Waals surface area contributed by atoms with Gasteiger partial charge < -0.3 is 10.1 Å². The Kier molecular flexibility index (Phi) is 2.43. The van der Waals surface area contributed by atoms with Gasteiger partial charge in [-0.05, 0) is 18.8 Å². The van der Waals surface area contributed by atoms with Gasteiger partial charge in [0.15, 0.2) is 0 Å². The van der Waals surface area contributed by atoms with Gasteiger partial charge in [0.1, 0.15) is 0 Å². The third kappa shape index (κ3) is 1.79. The van der Waals surface area contributed by atoms with E-state index in [4.69, 9.17) is 4.74 Å². The van der Waals surface area contributed by atoms with E-state index < -0.39 is 0 Å². The standard InChI is InChI=1S/C11H19NO/c1-9(2)10-7-11(8-12-10)5-3-4-6-13-11/h3-4,9-10,12H,5-8H2,1-2H3. The summed E-state index contributed by atoms with van der Waals surface area (Å²) >= 11 is 0. The van der Waals surface area contributed by atoms with Crippen molar-refractivity contribution in [2.75, 3.05) is 13.2 Å². The van der Waals surface area contributed by atoms with Crippen molar-refractivity contribution in [3.8, 4) is 0 Å². The quantitative estimate of drug-likeness (QED) is 0.622. The molecule has 2 heterocycles. The molecule has 1 spiro atoms. The zero-order chi connectivity index (χ0) is 9.31. The van der Waals surface area contributed by atoms with Crippen LogP contribution in [-0.2, 0) is 4.74 Å². The second-order valence-corrected chi connectivity index (χ2v) is 4.61. The molecule has 2 aliphatic heterocycles. The molecule has 0 aromatic rings. The van der Waals surface area contributed by atoms with E-state index in [0.29, 0.717) is 12.0 Å². The molecule has 0 amide bonds. The number of ether oxygens (including phenoxy) is 1. The number of hydrogen-bond acceptors (Lipinski definition) is 2. The van der Waals surface area contributed by atoms with Gasteiger partial charge in [-0.3, -0.25) is 0 Å². The van der Waals surface area contributed by atoms with Crippen molar-refractivity contribution >= 4 is 0 Å². The second kappa shape index (κ2) is 3.43. The van der Waals surface area contributed by atoms with Crippen molar-refractivity contribution in [2.24, 2.45) is 5.92 Å². The van der Waals surface area contributed by atoms with Gasteiger partial charge in [-0.2, -0.15) is 0 Å². The Bertz CT molecular complexity index is 212. The van der Waals surface area contributed by atoms with Crippen molar-refractivity contribution in [1.82, 2.24) is 5.32 Å². The van der Waals surface area contributed by atoms with Crippen LogP contribution < -0.4 is 5.32 Å². The van der Waals surface area contributed by atoms with Gasteiger partial charge in [-0.15, -0.1) is 0 Å². The van der Waals surface area contributed by atoms with E-state index in [1.807, 2.05) is 0 Å². The molecule has 1 fully saturated rings. The van der Waals surface area contributed by atoms with E-state index in [1.54, 1.807) is 0 Å². The van der Waals surface area contributed by atoms with Crippen molar-refractivity contribution in [2.45, 2.75) is 38.3 Å². The molecule has 1 saturated heterocycles. The van der Waals surface area contributed by atoms with Crippen LogP contribution in [0, 0.1) is 5.92 Å². The summed E-state index contributed by atoms with van der Waals surface area (Å²) < 4.78 is 5.86. The molecule has 0 saturated carbocycles. The minimum atomic E-state index is 0.129. The van der Waals surface area contributed by atoms with Gasteiger partial charge in [0.05, 0.1) is 12.2 Å². The van der Waals surface area contributed by atoms with Gasteiger partial charge in [0.2, 0.25) is 0 Å². The Morgan fingerprint density at radius 1 is 1.46 bits per heavy atom. The lowest BCUT2D eigenvalue weighted by Crippen LogP contribution is -2.36. The first-order valence-electron chi connectivity index (χ1n) is 5.24. The molecular weight excluding hydrogens is 162 g/mol. The fourth-order valence-electron chi connectivity index (χ4n) is 2.25. The van der Waals surface area contributed by atoms with Crippen molar-refractivity contribution in [3.63, 3.8) is 0 Å². The van der Waals surface area contributed by atoms with Crippen molar-refractivity contribution < 1.29 is 4.74 Å². The Hall–Kier alpha value is -0.340. The summed E-state index contributed by atoms with van der Waals surface area (Å²) in [6.07, 6.45) is 6.64. The Labute approximate surface area is 80.4 Å². The van der Waals surface area contributed by atoms with Crippen LogP contribution in [0.15, 0.2) is 12.2 Å². The molecule has 2 atom stereocenters. The van der Waals surface area contributed by atoms with Crippen LogP contribution in [0.4, 0.5) is 0 Å². The first-order chi connectivity index (χ1) is 6.22. The van der Waals surface area contributed by atoms with E-state index in [1.165, 1.54) is 6.42 Å². The molecule has 13 heavy (non-hydrogen) atoms. The van der Waals surface area contributed by atoms with E-state index in [2.05, 4.69) is 31.3 Å². The molecule has 0 bridgehead atoms. The lowest BCUT2D eigenvalue weighted by molar-refractivity contribution is -0.0227. The lowest BCUT2D eigenvalue weighted by Gasteiger charge is -2.30. The predicted octanol–water partition coefficient (Wildman–Crippen LogP) is 1.72. The second-order valence-electron chi connectivity index (χ2n) is 4.61. The molecule has 0 aromatic heterocycles. The summed E-state index contributed by atoms with van der Waals surface area (Å²) in [6.45, 7) is 6.37. The van der Waals surface area contributed by atoms with E-state index in [-0.39, 0.29) is 5.60 Å². The van der Waals surface area contributed by atoms with Crippen LogP contribution in [0.2, 0.25) is 0 Å². The average molecular weight is 181 g/mol. The molecule has 2 nitrogen and oxygen atoms in total. The van der Waals surface area contributed by atoms with E-state index in [0.717, 1.165) is 19.6 Å². The zero-order valence-corrected chi connectivity index (χ0v) is 8.55. The fraction of sp³-hybridized carbons (Fsp3) is 0.818. The first-order valence-corrected chi connectivity index (χ1v) is 5.24. The summed E-state index contributed by atoms with van der Waals surface area (Å²) in [5, 5.41) is 3.56. The average Bonchev–Trinajstić information content (AvgIpc) is 2.51. The molecule has 74 valence electrons. The van der Waals surface area contributed by atoms with Crippen LogP contribution in [0.1, 0.15) is 26.7 Å². The van der Waals surface area contributed by atoms with Crippen LogP contribution in [0.3, 0.4) is 0 Å². The molecule has 2 heteroatoms. The largest absolute Gasteiger partial charge is 0.369 e. The van der Waals surface area contributed by atoms with Gasteiger partial charge in [-0.25, -0.2) is 0 Å². The number of nitrogens with one attached hydrogen (secondary N) is 1. The minimum Gasteiger partial charge on any atom is -0.369 e. The predicted molar refractivity (Wildman–Crippen MR) is 53.7 cm³/mol. The Balaban J connectivity index is 1.99. The smallest absolute Gasteiger partial charge is 0.0859 e. The highest BCUT2D eigenvalue weighted by Gasteiger charge is 2.40. The molecule has 2 aliphatic rings. The Morgan fingerprint density at radius 2 is 2.31 bits per heavy atom. The maximum atomic E-state index is 5.86. The van der Waals surface area contributed by atoms with Crippen molar-refractivity contribution in [1.29, 1.82) is 0 Å². The fourth-order valence-corrected chi connectivity index (χ4v) is 2.25. The van der Waals surface area contributed by atoms with E-state index >= 15 is 0 Å². The minimum absolute atomic E-state index is 0.129. The van der Waals surface area contributed by atoms with Crippen LogP contribution in [0.25, 0.3) is 0 Å². The SMILES string of the molecule is CC(C)C1CC2(CC=CCO2)CN1. The molecular formula is C11H19NO. The maximum Gasteiger partial charge on any atom is 0.0859 e. The molecule has 2 rings (SSSR count). The molecule has 0 radical (unpaired) electrons. The Morgan fingerprint density at radius 3 is 2.85 bits per heavy atom. The molecule has 0 aliphatic carbocycles. The topological polar surface area (TPSA) is 21.3 Å². The summed E-state index contributed by atoms with van der Waals surface area (Å²) in [7, 11) is 0. The third-order valence-corrected chi connectivity index (χ3v) is 3.23. The molecule has 2 unspecified atom stereocenters. The van der Waals surface area contributed by atoms with Gasteiger partial charge >= 0.3 is 0 Å². The highest BCUT2D eigenvalue weighted by molar-refractivity contribution is 5.05.